The molecule has 0 atom stereocenters. The van der Waals surface area contributed by atoms with Gasteiger partial charge in [-0.05, 0) is 38.0 Å². The molecule has 0 aliphatic heterocycles. The fourth-order valence-electron chi connectivity index (χ4n) is 3.31. The molecular weight excluding hydrogens is 402 g/mol. The van der Waals surface area contributed by atoms with Crippen LogP contribution < -0.4 is 0 Å². The Morgan fingerprint density at radius 2 is 1.56 bits per heavy atom. The number of rotatable bonds is 6. The van der Waals surface area contributed by atoms with Crippen molar-refractivity contribution in [2.24, 2.45) is 0 Å². The fraction of sp³-hybridized carbons (Fsp3) is 0.154. The van der Waals surface area contributed by atoms with Crippen molar-refractivity contribution in [2.45, 2.75) is 20.8 Å². The van der Waals surface area contributed by atoms with Crippen LogP contribution in [0, 0.1) is 20.8 Å². The molecule has 1 aromatic heterocycles. The highest BCUT2D eigenvalue weighted by Crippen LogP contribution is 2.24. The molecule has 4 rings (SSSR count). The van der Waals surface area contributed by atoms with Gasteiger partial charge < -0.3 is 4.74 Å². The van der Waals surface area contributed by atoms with E-state index in [0.717, 1.165) is 27.9 Å². The van der Waals surface area contributed by atoms with Gasteiger partial charge in [0, 0.05) is 11.1 Å². The Kier molecular flexibility index (Phi) is 5.94. The molecule has 0 saturated heterocycles. The number of hydrogen-bond acceptors (Lipinski definition) is 5. The molecule has 1 heterocycles. The quantitative estimate of drug-likeness (QED) is 0.324. The van der Waals surface area contributed by atoms with E-state index in [-0.39, 0.29) is 18.2 Å². The molecule has 0 aliphatic carbocycles. The van der Waals surface area contributed by atoms with Crippen LogP contribution in [0.25, 0.3) is 17.1 Å². The second kappa shape index (κ2) is 8.98. The molecule has 0 unspecified atom stereocenters. The zero-order chi connectivity index (χ0) is 22.7. The van der Waals surface area contributed by atoms with Crippen LogP contribution >= 0.6 is 0 Å². The Balaban J connectivity index is 1.67. The van der Waals surface area contributed by atoms with Gasteiger partial charge in [0.25, 0.3) is 5.82 Å². The van der Waals surface area contributed by atoms with E-state index in [1.54, 1.807) is 28.9 Å². The molecular formula is C26H23N3O3. The molecule has 0 amide bonds. The van der Waals surface area contributed by atoms with Crippen molar-refractivity contribution in [1.82, 2.24) is 14.8 Å². The molecule has 3 aromatic carbocycles. The molecule has 0 fully saturated rings. The van der Waals surface area contributed by atoms with E-state index in [1.807, 2.05) is 69.3 Å². The predicted molar refractivity (Wildman–Crippen MR) is 122 cm³/mol. The lowest BCUT2D eigenvalue weighted by molar-refractivity contribution is 0.0462. The van der Waals surface area contributed by atoms with Crippen LogP contribution in [0.1, 0.15) is 37.7 Å². The number of Topliss-reactive ketones (excluding diaryl/α,β-unsaturated/α-hetero) is 1. The Hall–Kier alpha value is -4.06. The van der Waals surface area contributed by atoms with E-state index in [0.29, 0.717) is 11.4 Å². The highest BCUT2D eigenvalue weighted by Gasteiger charge is 2.22. The van der Waals surface area contributed by atoms with Crippen molar-refractivity contribution in [2.75, 3.05) is 6.61 Å². The van der Waals surface area contributed by atoms with Gasteiger partial charge in [0.15, 0.2) is 18.2 Å². The number of benzene rings is 3. The predicted octanol–water partition coefficient (Wildman–Crippen LogP) is 4.90. The van der Waals surface area contributed by atoms with Crippen LogP contribution in [0.2, 0.25) is 0 Å². The first-order valence-corrected chi connectivity index (χ1v) is 10.3. The van der Waals surface area contributed by atoms with Gasteiger partial charge in [-0.15, -0.1) is 5.10 Å². The number of ether oxygens (including phenoxy) is 1. The number of ketones is 1. The second-order valence-electron chi connectivity index (χ2n) is 7.69. The summed E-state index contributed by atoms with van der Waals surface area (Å²) in [6.07, 6.45) is 0. The van der Waals surface area contributed by atoms with Crippen LogP contribution in [0.5, 0.6) is 0 Å². The first-order chi connectivity index (χ1) is 15.4. The van der Waals surface area contributed by atoms with E-state index < -0.39 is 5.97 Å². The average Bonchev–Trinajstić information content (AvgIpc) is 3.25. The average molecular weight is 425 g/mol. The second-order valence-corrected chi connectivity index (χ2v) is 7.69. The summed E-state index contributed by atoms with van der Waals surface area (Å²) in [6, 6.07) is 22.6. The Morgan fingerprint density at radius 3 is 2.28 bits per heavy atom. The summed E-state index contributed by atoms with van der Waals surface area (Å²) in [7, 11) is 0. The minimum atomic E-state index is -0.744. The zero-order valence-electron chi connectivity index (χ0n) is 18.2. The smallest absolute Gasteiger partial charge is 0.378 e. The van der Waals surface area contributed by atoms with Gasteiger partial charge in [0.2, 0.25) is 0 Å². The molecule has 32 heavy (non-hydrogen) atoms. The van der Waals surface area contributed by atoms with Crippen molar-refractivity contribution in [3.05, 3.63) is 101 Å². The fourth-order valence-corrected chi connectivity index (χ4v) is 3.31. The largest absolute Gasteiger partial charge is 0.451 e. The Bertz CT molecular complexity index is 1280. The van der Waals surface area contributed by atoms with Crippen LogP contribution in [0.15, 0.2) is 72.8 Å². The zero-order valence-corrected chi connectivity index (χ0v) is 18.2. The van der Waals surface area contributed by atoms with Crippen LogP contribution in [0.3, 0.4) is 0 Å². The molecule has 0 saturated carbocycles. The van der Waals surface area contributed by atoms with Gasteiger partial charge in [-0.1, -0.05) is 72.3 Å². The highest BCUT2D eigenvalue weighted by molar-refractivity contribution is 5.98. The lowest BCUT2D eigenvalue weighted by Crippen LogP contribution is -2.15. The number of aryl methyl sites for hydroxylation is 3. The van der Waals surface area contributed by atoms with E-state index in [4.69, 9.17) is 4.74 Å². The van der Waals surface area contributed by atoms with Crippen LogP contribution in [-0.4, -0.2) is 33.1 Å². The molecule has 6 nitrogen and oxygen atoms in total. The monoisotopic (exact) mass is 425 g/mol. The maximum absolute atomic E-state index is 12.7. The lowest BCUT2D eigenvalue weighted by Gasteiger charge is -2.10. The standard InChI is InChI=1S/C26H23N3O3/c1-17-10-13-21(14-11-17)25-27-24(28-29(25)22-15-18(2)9-12-19(22)3)26(31)32-16-23(30)20-7-5-4-6-8-20/h4-15H,16H2,1-3H3. The minimum Gasteiger partial charge on any atom is -0.451 e. The van der Waals surface area contributed by atoms with Gasteiger partial charge in [-0.25, -0.2) is 14.5 Å². The summed E-state index contributed by atoms with van der Waals surface area (Å²) in [4.78, 5) is 29.5. The summed E-state index contributed by atoms with van der Waals surface area (Å²) >= 11 is 0. The van der Waals surface area contributed by atoms with Crippen LogP contribution in [0.4, 0.5) is 0 Å². The van der Waals surface area contributed by atoms with E-state index in [1.165, 1.54) is 0 Å². The summed E-state index contributed by atoms with van der Waals surface area (Å²) in [6.45, 7) is 5.61. The van der Waals surface area contributed by atoms with Crippen molar-refractivity contribution in [3.63, 3.8) is 0 Å². The van der Waals surface area contributed by atoms with Gasteiger partial charge >= 0.3 is 5.97 Å². The van der Waals surface area contributed by atoms with Gasteiger partial charge in [0.1, 0.15) is 0 Å². The van der Waals surface area contributed by atoms with Gasteiger partial charge in [0.05, 0.1) is 5.69 Å². The summed E-state index contributed by atoms with van der Waals surface area (Å²) in [5.41, 5.74) is 5.30. The van der Waals surface area contributed by atoms with Gasteiger partial charge in [-0.3, -0.25) is 4.79 Å². The van der Waals surface area contributed by atoms with E-state index >= 15 is 0 Å². The number of hydrogen-bond donors (Lipinski definition) is 0. The minimum absolute atomic E-state index is 0.0951. The number of carbonyl (C=O) groups excluding carboxylic acids is 2. The molecule has 0 spiro atoms. The van der Waals surface area contributed by atoms with Crippen molar-refractivity contribution in [3.8, 4) is 17.1 Å². The Labute approximate surface area is 186 Å². The maximum atomic E-state index is 12.7. The van der Waals surface area contributed by atoms with Crippen molar-refractivity contribution < 1.29 is 14.3 Å². The van der Waals surface area contributed by atoms with Crippen molar-refractivity contribution in [1.29, 1.82) is 0 Å². The third-order valence-electron chi connectivity index (χ3n) is 5.12. The highest BCUT2D eigenvalue weighted by atomic mass is 16.5. The third kappa shape index (κ3) is 4.49. The number of esters is 1. The third-order valence-corrected chi connectivity index (χ3v) is 5.12. The van der Waals surface area contributed by atoms with E-state index in [2.05, 4.69) is 10.1 Å². The maximum Gasteiger partial charge on any atom is 0.378 e. The lowest BCUT2D eigenvalue weighted by atomic mass is 10.1. The summed E-state index contributed by atoms with van der Waals surface area (Å²) < 4.78 is 6.89. The molecule has 160 valence electrons. The Morgan fingerprint density at radius 1 is 0.875 bits per heavy atom. The normalized spacial score (nSPS) is 10.7. The molecule has 0 aliphatic rings. The molecule has 0 N–H and O–H groups in total. The summed E-state index contributed by atoms with van der Waals surface area (Å²) in [5.74, 6) is -0.597. The number of nitrogens with zero attached hydrogens (tertiary/aromatic N) is 3. The molecule has 6 heteroatoms. The van der Waals surface area contributed by atoms with E-state index in [9.17, 15) is 9.59 Å². The van der Waals surface area contributed by atoms with Gasteiger partial charge in [-0.2, -0.15) is 0 Å². The molecule has 0 radical (unpaired) electrons. The van der Waals surface area contributed by atoms with Crippen molar-refractivity contribution >= 4 is 11.8 Å². The first kappa shape index (κ1) is 21.2. The number of carbonyl (C=O) groups is 2. The SMILES string of the molecule is Cc1ccc(-c2nc(C(=O)OCC(=O)c3ccccc3)nn2-c2cc(C)ccc2C)cc1. The van der Waals surface area contributed by atoms with Crippen LogP contribution in [-0.2, 0) is 4.74 Å². The number of aromatic nitrogens is 3. The topological polar surface area (TPSA) is 74.1 Å². The first-order valence-electron chi connectivity index (χ1n) is 10.3. The summed E-state index contributed by atoms with van der Waals surface area (Å²) in [5, 5.41) is 4.45. The molecule has 4 aromatic rings. The molecule has 0 bridgehead atoms.